The third-order valence-electron chi connectivity index (χ3n) is 4.25. The van der Waals surface area contributed by atoms with Gasteiger partial charge in [0.25, 0.3) is 0 Å². The lowest BCUT2D eigenvalue weighted by Gasteiger charge is -2.35. The number of hydrogen-bond donors (Lipinski definition) is 2. The van der Waals surface area contributed by atoms with Gasteiger partial charge >= 0.3 is 0 Å². The van der Waals surface area contributed by atoms with Crippen molar-refractivity contribution in [2.75, 3.05) is 32.7 Å². The molecule has 2 aliphatic heterocycles. The van der Waals surface area contributed by atoms with Crippen LogP contribution in [0.5, 0.6) is 0 Å². The van der Waals surface area contributed by atoms with Gasteiger partial charge in [0.2, 0.25) is 11.8 Å². The third-order valence-corrected chi connectivity index (χ3v) is 4.25. The molecule has 0 bridgehead atoms. The Morgan fingerprint density at radius 1 is 1.10 bits per heavy atom. The summed E-state index contributed by atoms with van der Waals surface area (Å²) in [5.74, 6) is 0.223. The lowest BCUT2D eigenvalue weighted by atomic mass is 10.0. The molecule has 2 aliphatic rings. The summed E-state index contributed by atoms with van der Waals surface area (Å²) in [6.07, 6.45) is 3.68. The van der Waals surface area contributed by atoms with E-state index in [1.165, 1.54) is 0 Å². The number of nitrogens with zero attached hydrogens (tertiary/aromatic N) is 2. The lowest BCUT2D eigenvalue weighted by molar-refractivity contribution is -0.133. The lowest BCUT2D eigenvalue weighted by Crippen LogP contribution is -2.50. The topological polar surface area (TPSA) is 78.7 Å². The summed E-state index contributed by atoms with van der Waals surface area (Å²) in [7, 11) is 0. The first-order chi connectivity index (χ1) is 9.54. The van der Waals surface area contributed by atoms with Gasteiger partial charge < -0.3 is 16.0 Å². The SMILES string of the molecule is CC(=O)NC1CCN(C(=O)CN2CCC(N)CC2)CC1. The van der Waals surface area contributed by atoms with Crippen LogP contribution in [0.4, 0.5) is 0 Å². The fourth-order valence-corrected chi connectivity index (χ4v) is 2.96. The second-order valence-electron chi connectivity index (χ2n) is 5.97. The van der Waals surface area contributed by atoms with E-state index in [4.69, 9.17) is 5.73 Å². The summed E-state index contributed by atoms with van der Waals surface area (Å²) in [6.45, 7) is 5.40. The Morgan fingerprint density at radius 2 is 1.70 bits per heavy atom. The summed E-state index contributed by atoms with van der Waals surface area (Å²) < 4.78 is 0. The molecule has 2 amide bonds. The Labute approximate surface area is 120 Å². The molecule has 0 radical (unpaired) electrons. The summed E-state index contributed by atoms with van der Waals surface area (Å²) in [5, 5.41) is 2.93. The Balaban J connectivity index is 1.70. The number of likely N-dealkylation sites (tertiary alicyclic amines) is 2. The van der Waals surface area contributed by atoms with Crippen molar-refractivity contribution in [1.82, 2.24) is 15.1 Å². The van der Waals surface area contributed by atoms with Gasteiger partial charge in [0.05, 0.1) is 6.54 Å². The maximum atomic E-state index is 12.2. The largest absolute Gasteiger partial charge is 0.353 e. The highest BCUT2D eigenvalue weighted by molar-refractivity contribution is 5.78. The van der Waals surface area contributed by atoms with Crippen LogP contribution in [-0.2, 0) is 9.59 Å². The van der Waals surface area contributed by atoms with Crippen molar-refractivity contribution >= 4 is 11.8 Å². The number of amides is 2. The second kappa shape index (κ2) is 7.04. The molecule has 2 saturated heterocycles. The monoisotopic (exact) mass is 282 g/mol. The Morgan fingerprint density at radius 3 is 2.25 bits per heavy atom. The van der Waals surface area contributed by atoms with Crippen LogP contribution in [0, 0.1) is 0 Å². The quantitative estimate of drug-likeness (QED) is 0.734. The fourth-order valence-electron chi connectivity index (χ4n) is 2.96. The van der Waals surface area contributed by atoms with Crippen molar-refractivity contribution in [3.05, 3.63) is 0 Å². The van der Waals surface area contributed by atoms with E-state index in [9.17, 15) is 9.59 Å². The van der Waals surface area contributed by atoms with Gasteiger partial charge in [0.15, 0.2) is 0 Å². The normalized spacial score (nSPS) is 22.8. The molecule has 0 unspecified atom stereocenters. The number of rotatable bonds is 3. The van der Waals surface area contributed by atoms with E-state index in [1.54, 1.807) is 6.92 Å². The van der Waals surface area contributed by atoms with Gasteiger partial charge in [-0.1, -0.05) is 0 Å². The molecular weight excluding hydrogens is 256 g/mol. The summed E-state index contributed by atoms with van der Waals surface area (Å²) in [6, 6.07) is 0.527. The maximum absolute atomic E-state index is 12.2. The summed E-state index contributed by atoms with van der Waals surface area (Å²) >= 11 is 0. The molecule has 0 aromatic rings. The zero-order valence-electron chi connectivity index (χ0n) is 12.3. The first kappa shape index (κ1) is 15.3. The number of piperidine rings is 2. The number of hydrogen-bond acceptors (Lipinski definition) is 4. The van der Waals surface area contributed by atoms with Gasteiger partial charge in [-0.25, -0.2) is 0 Å². The number of nitrogens with two attached hydrogens (primary N) is 1. The second-order valence-corrected chi connectivity index (χ2v) is 5.97. The molecule has 20 heavy (non-hydrogen) atoms. The molecule has 0 aromatic carbocycles. The van der Waals surface area contributed by atoms with E-state index in [0.29, 0.717) is 12.6 Å². The Bertz CT molecular complexity index is 345. The smallest absolute Gasteiger partial charge is 0.236 e. The zero-order valence-corrected chi connectivity index (χ0v) is 12.3. The highest BCUT2D eigenvalue weighted by atomic mass is 16.2. The van der Waals surface area contributed by atoms with E-state index in [0.717, 1.165) is 51.9 Å². The van der Waals surface area contributed by atoms with Crippen LogP contribution in [-0.4, -0.2) is 66.4 Å². The molecule has 2 heterocycles. The van der Waals surface area contributed by atoms with Crippen molar-refractivity contribution in [1.29, 1.82) is 0 Å². The summed E-state index contributed by atoms with van der Waals surface area (Å²) in [5.41, 5.74) is 5.87. The highest BCUT2D eigenvalue weighted by Crippen LogP contribution is 2.13. The molecule has 0 aliphatic carbocycles. The number of nitrogens with one attached hydrogen (secondary N) is 1. The summed E-state index contributed by atoms with van der Waals surface area (Å²) in [4.78, 5) is 27.4. The highest BCUT2D eigenvalue weighted by Gasteiger charge is 2.25. The maximum Gasteiger partial charge on any atom is 0.236 e. The van der Waals surface area contributed by atoms with Gasteiger partial charge in [-0.3, -0.25) is 14.5 Å². The number of carbonyl (C=O) groups is 2. The van der Waals surface area contributed by atoms with E-state index in [2.05, 4.69) is 10.2 Å². The third kappa shape index (κ3) is 4.45. The molecule has 0 aromatic heterocycles. The Hall–Kier alpha value is -1.14. The molecule has 6 nitrogen and oxygen atoms in total. The molecule has 0 atom stereocenters. The van der Waals surface area contributed by atoms with Crippen molar-refractivity contribution in [3.8, 4) is 0 Å². The molecule has 6 heteroatoms. The molecule has 0 spiro atoms. The van der Waals surface area contributed by atoms with Crippen molar-refractivity contribution in [3.63, 3.8) is 0 Å². The van der Waals surface area contributed by atoms with Crippen LogP contribution in [0.1, 0.15) is 32.6 Å². The van der Waals surface area contributed by atoms with Gasteiger partial charge in [-0.15, -0.1) is 0 Å². The molecule has 114 valence electrons. The number of carbonyl (C=O) groups excluding carboxylic acids is 2. The van der Waals surface area contributed by atoms with E-state index in [-0.39, 0.29) is 17.9 Å². The van der Waals surface area contributed by atoms with E-state index < -0.39 is 0 Å². The minimum absolute atomic E-state index is 0.0134. The molecule has 0 saturated carbocycles. The predicted octanol–water partition coefficient (Wildman–Crippen LogP) is -0.463. The van der Waals surface area contributed by atoms with Crippen LogP contribution < -0.4 is 11.1 Å². The van der Waals surface area contributed by atoms with Crippen molar-refractivity contribution < 1.29 is 9.59 Å². The standard InChI is InChI=1S/C14H26N4O2/c1-11(19)16-13-4-8-18(9-5-13)14(20)10-17-6-2-12(15)3-7-17/h12-13H,2-10,15H2,1H3,(H,16,19). The van der Waals surface area contributed by atoms with Crippen LogP contribution in [0.2, 0.25) is 0 Å². The first-order valence-electron chi connectivity index (χ1n) is 7.57. The van der Waals surface area contributed by atoms with Crippen molar-refractivity contribution in [2.24, 2.45) is 5.73 Å². The first-order valence-corrected chi connectivity index (χ1v) is 7.57. The molecule has 2 rings (SSSR count). The van der Waals surface area contributed by atoms with Crippen LogP contribution in [0.15, 0.2) is 0 Å². The van der Waals surface area contributed by atoms with Crippen LogP contribution >= 0.6 is 0 Å². The Kier molecular flexibility index (Phi) is 5.37. The van der Waals surface area contributed by atoms with Gasteiger partial charge in [-0.05, 0) is 25.7 Å². The van der Waals surface area contributed by atoms with Gasteiger partial charge in [-0.2, -0.15) is 0 Å². The fraction of sp³-hybridized carbons (Fsp3) is 0.857. The minimum atomic E-state index is 0.0134. The van der Waals surface area contributed by atoms with E-state index in [1.807, 2.05) is 4.90 Å². The van der Waals surface area contributed by atoms with Crippen LogP contribution in [0.25, 0.3) is 0 Å². The van der Waals surface area contributed by atoms with Crippen LogP contribution in [0.3, 0.4) is 0 Å². The van der Waals surface area contributed by atoms with Gasteiger partial charge in [0, 0.05) is 45.2 Å². The van der Waals surface area contributed by atoms with Crippen molar-refractivity contribution in [2.45, 2.75) is 44.7 Å². The van der Waals surface area contributed by atoms with E-state index >= 15 is 0 Å². The molecule has 3 N–H and O–H groups in total. The predicted molar refractivity (Wildman–Crippen MR) is 77.1 cm³/mol. The molecular formula is C14H26N4O2. The minimum Gasteiger partial charge on any atom is -0.353 e. The zero-order chi connectivity index (χ0) is 14.5. The van der Waals surface area contributed by atoms with Gasteiger partial charge in [0.1, 0.15) is 0 Å². The average molecular weight is 282 g/mol. The average Bonchev–Trinajstić information content (AvgIpc) is 2.41. The molecule has 2 fully saturated rings.